The maximum atomic E-state index is 12.3. The molecule has 140 valence electrons. The highest BCUT2D eigenvalue weighted by atomic mass is 16.5. The summed E-state index contributed by atoms with van der Waals surface area (Å²) >= 11 is 0. The molecule has 0 aliphatic rings. The third-order valence-corrected chi connectivity index (χ3v) is 4.75. The minimum absolute atomic E-state index is 0.369. The quantitative estimate of drug-likeness (QED) is 0.404. The molecule has 1 N–H and O–H groups in total. The molecule has 0 saturated carbocycles. The van der Waals surface area contributed by atoms with Crippen LogP contribution < -0.4 is 10.4 Å². The number of ether oxygens (including phenoxy) is 1. The van der Waals surface area contributed by atoms with E-state index in [-0.39, 0.29) is 0 Å². The Balaban J connectivity index is 1.88. The van der Waals surface area contributed by atoms with Gasteiger partial charge in [-0.2, -0.15) is 0 Å². The first kappa shape index (κ1) is 17.8. The summed E-state index contributed by atoms with van der Waals surface area (Å²) in [6, 6.07) is 19.5. The van der Waals surface area contributed by atoms with Crippen molar-refractivity contribution in [2.24, 2.45) is 0 Å². The molecule has 1 unspecified atom stereocenters. The summed E-state index contributed by atoms with van der Waals surface area (Å²) < 4.78 is 11.4. The van der Waals surface area contributed by atoms with Gasteiger partial charge in [0.25, 0.3) is 0 Å². The number of aliphatic carboxylic acids is 1. The zero-order valence-electron chi connectivity index (χ0n) is 15.2. The molecule has 1 atom stereocenters. The number of aryl methyl sites for hydroxylation is 1. The summed E-state index contributed by atoms with van der Waals surface area (Å²) in [5.41, 5.74) is 1.31. The second-order valence-electron chi connectivity index (χ2n) is 6.49. The number of hydrogen-bond donors (Lipinski definition) is 1. The maximum absolute atomic E-state index is 12.3. The maximum Gasteiger partial charge on any atom is 0.349 e. The number of carboxylic acids is 1. The molecule has 0 radical (unpaired) electrons. The molecule has 1 aromatic heterocycles. The van der Waals surface area contributed by atoms with E-state index in [4.69, 9.17) is 9.15 Å². The smallest absolute Gasteiger partial charge is 0.349 e. The van der Waals surface area contributed by atoms with Crippen LogP contribution in [0.3, 0.4) is 0 Å². The van der Waals surface area contributed by atoms with Gasteiger partial charge in [-0.15, -0.1) is 0 Å². The van der Waals surface area contributed by atoms with Gasteiger partial charge in [0, 0.05) is 17.0 Å². The van der Waals surface area contributed by atoms with E-state index in [1.165, 1.54) is 0 Å². The number of hydrogen-bond acceptors (Lipinski definition) is 4. The van der Waals surface area contributed by atoms with E-state index in [0.29, 0.717) is 28.7 Å². The fourth-order valence-corrected chi connectivity index (χ4v) is 3.35. The Morgan fingerprint density at radius 3 is 2.36 bits per heavy atom. The first-order valence-corrected chi connectivity index (χ1v) is 9.01. The van der Waals surface area contributed by atoms with Crippen LogP contribution in [0.5, 0.6) is 5.75 Å². The van der Waals surface area contributed by atoms with Crippen LogP contribution >= 0.6 is 0 Å². The van der Waals surface area contributed by atoms with Crippen molar-refractivity contribution in [1.29, 1.82) is 0 Å². The van der Waals surface area contributed by atoms with Crippen LogP contribution in [0.15, 0.2) is 75.9 Å². The Hall–Kier alpha value is -3.60. The summed E-state index contributed by atoms with van der Waals surface area (Å²) in [7, 11) is 0. The summed E-state index contributed by atoms with van der Waals surface area (Å²) in [5.74, 6) is -0.696. The zero-order chi connectivity index (χ0) is 19.7. The third-order valence-electron chi connectivity index (χ3n) is 4.75. The van der Waals surface area contributed by atoms with Gasteiger partial charge in [0.15, 0.2) is 0 Å². The van der Waals surface area contributed by atoms with Crippen molar-refractivity contribution in [3.63, 3.8) is 0 Å². The average Bonchev–Trinajstić information content (AvgIpc) is 2.72. The Morgan fingerprint density at radius 1 is 1.00 bits per heavy atom. The number of carboxylic acid groups (broad SMARTS) is 1. The fourth-order valence-electron chi connectivity index (χ4n) is 3.35. The van der Waals surface area contributed by atoms with Gasteiger partial charge < -0.3 is 14.3 Å². The van der Waals surface area contributed by atoms with Crippen LogP contribution in [0.4, 0.5) is 0 Å². The number of rotatable bonds is 5. The van der Waals surface area contributed by atoms with Crippen molar-refractivity contribution in [1.82, 2.24) is 0 Å². The lowest BCUT2D eigenvalue weighted by atomic mass is 10.0. The van der Waals surface area contributed by atoms with E-state index in [0.717, 1.165) is 16.3 Å². The summed E-state index contributed by atoms with van der Waals surface area (Å²) in [6.07, 6.45) is -0.518. The largest absolute Gasteiger partial charge is 0.478 e. The molecule has 4 rings (SSSR count). The molecule has 28 heavy (non-hydrogen) atoms. The van der Waals surface area contributed by atoms with Crippen LogP contribution in [-0.4, -0.2) is 11.1 Å². The number of benzene rings is 3. The van der Waals surface area contributed by atoms with Crippen LogP contribution in [0.25, 0.3) is 21.7 Å². The first-order chi connectivity index (χ1) is 13.6. The molecule has 0 aliphatic heterocycles. The van der Waals surface area contributed by atoms with E-state index in [2.05, 4.69) is 0 Å². The van der Waals surface area contributed by atoms with Crippen molar-refractivity contribution in [3.8, 4) is 5.75 Å². The number of carbonyl (C=O) groups is 1. The summed E-state index contributed by atoms with van der Waals surface area (Å²) in [5, 5.41) is 11.8. The van der Waals surface area contributed by atoms with Gasteiger partial charge in [0.1, 0.15) is 11.3 Å². The molecule has 3 aromatic carbocycles. The van der Waals surface area contributed by atoms with Crippen molar-refractivity contribution in [2.45, 2.75) is 19.4 Å². The van der Waals surface area contributed by atoms with Crippen molar-refractivity contribution >= 4 is 27.7 Å². The number of fused-ring (bicyclic) bond motifs is 3. The van der Waals surface area contributed by atoms with E-state index < -0.39 is 17.7 Å². The third kappa shape index (κ3) is 3.11. The van der Waals surface area contributed by atoms with Crippen molar-refractivity contribution < 1.29 is 19.1 Å². The molecule has 0 fully saturated rings. The van der Waals surface area contributed by atoms with Gasteiger partial charge in [-0.25, -0.2) is 9.59 Å². The molecule has 0 spiro atoms. The normalized spacial score (nSPS) is 12.2. The monoisotopic (exact) mass is 374 g/mol. The Bertz CT molecular complexity index is 1220. The lowest BCUT2D eigenvalue weighted by Crippen LogP contribution is -2.18. The fraction of sp³-hybridized carbons (Fsp3) is 0.130. The van der Waals surface area contributed by atoms with Gasteiger partial charge in [0.2, 0.25) is 6.10 Å². The lowest BCUT2D eigenvalue weighted by molar-refractivity contribution is -0.145. The minimum atomic E-state index is -1.16. The first-order valence-electron chi connectivity index (χ1n) is 9.01. The van der Waals surface area contributed by atoms with E-state index in [1.54, 1.807) is 42.5 Å². The molecule has 0 bridgehead atoms. The molecule has 0 amide bonds. The van der Waals surface area contributed by atoms with Gasteiger partial charge in [-0.1, -0.05) is 55.5 Å². The van der Waals surface area contributed by atoms with Gasteiger partial charge in [0.05, 0.1) is 5.39 Å². The molecule has 4 aromatic rings. The predicted molar refractivity (Wildman–Crippen MR) is 107 cm³/mol. The molecular formula is C23H18O5. The van der Waals surface area contributed by atoms with Crippen LogP contribution in [0.1, 0.15) is 24.2 Å². The highest BCUT2D eigenvalue weighted by Crippen LogP contribution is 2.33. The van der Waals surface area contributed by atoms with Crippen LogP contribution in [-0.2, 0) is 11.2 Å². The second kappa shape index (κ2) is 7.19. The van der Waals surface area contributed by atoms with Crippen LogP contribution in [0.2, 0.25) is 0 Å². The Labute approximate surface area is 160 Å². The second-order valence-corrected chi connectivity index (χ2v) is 6.49. The van der Waals surface area contributed by atoms with E-state index in [9.17, 15) is 14.7 Å². The molecule has 0 saturated heterocycles. The average molecular weight is 374 g/mol. The predicted octanol–water partition coefficient (Wildman–Crippen LogP) is 4.71. The zero-order valence-corrected chi connectivity index (χ0v) is 15.2. The molecule has 0 aliphatic carbocycles. The molecule has 5 nitrogen and oxygen atoms in total. The lowest BCUT2D eigenvalue weighted by Gasteiger charge is -2.18. The molecule has 5 heteroatoms. The van der Waals surface area contributed by atoms with Gasteiger partial charge in [-0.05, 0) is 29.5 Å². The van der Waals surface area contributed by atoms with Crippen molar-refractivity contribution in [3.05, 3.63) is 88.3 Å². The van der Waals surface area contributed by atoms with Gasteiger partial charge >= 0.3 is 11.6 Å². The highest BCUT2D eigenvalue weighted by Gasteiger charge is 2.23. The summed E-state index contributed by atoms with van der Waals surface area (Å²) in [6.45, 7) is 1.97. The topological polar surface area (TPSA) is 76.7 Å². The molecule has 1 heterocycles. The van der Waals surface area contributed by atoms with Gasteiger partial charge in [-0.3, -0.25) is 0 Å². The van der Waals surface area contributed by atoms with Crippen LogP contribution in [0, 0.1) is 0 Å². The SMILES string of the molecule is CCc1cc2c(cc1OC(C(=O)O)c1ccccc1)oc(=O)c1ccccc12. The Morgan fingerprint density at radius 2 is 1.68 bits per heavy atom. The molecular weight excluding hydrogens is 356 g/mol. The minimum Gasteiger partial charge on any atom is -0.478 e. The van der Waals surface area contributed by atoms with Crippen molar-refractivity contribution in [2.75, 3.05) is 0 Å². The summed E-state index contributed by atoms with van der Waals surface area (Å²) in [4.78, 5) is 24.1. The highest BCUT2D eigenvalue weighted by molar-refractivity contribution is 6.04. The van der Waals surface area contributed by atoms with E-state index >= 15 is 0 Å². The standard InChI is InChI=1S/C23H18O5/c1-2-14-12-18-16-10-6-7-11-17(16)23(26)28-20(18)13-19(14)27-21(22(24)25)15-8-4-3-5-9-15/h3-13,21H,2H2,1H3,(H,24,25). The van der Waals surface area contributed by atoms with E-state index in [1.807, 2.05) is 31.2 Å². The Kier molecular flexibility index (Phi) is 4.57.